The van der Waals surface area contributed by atoms with Gasteiger partial charge < -0.3 is 19.7 Å². The molecule has 0 bridgehead atoms. The monoisotopic (exact) mass is 362 g/mol. The van der Waals surface area contributed by atoms with Crippen LogP contribution in [0.3, 0.4) is 0 Å². The van der Waals surface area contributed by atoms with Crippen molar-refractivity contribution in [2.45, 2.75) is 58.5 Å². The Hall–Kier alpha value is -1.92. The van der Waals surface area contributed by atoms with Gasteiger partial charge in [-0.2, -0.15) is 0 Å². The third-order valence-corrected chi connectivity index (χ3v) is 6.09. The van der Waals surface area contributed by atoms with Gasteiger partial charge in [0, 0.05) is 23.0 Å². The van der Waals surface area contributed by atoms with Crippen LogP contribution in [0.5, 0.6) is 0 Å². The van der Waals surface area contributed by atoms with Crippen molar-refractivity contribution in [1.29, 1.82) is 0 Å². The molecule has 1 heterocycles. The Morgan fingerprint density at radius 1 is 1.42 bits per heavy atom. The summed E-state index contributed by atoms with van der Waals surface area (Å²) < 4.78 is 11.1. The highest BCUT2D eigenvalue weighted by atomic mass is 16.6. The summed E-state index contributed by atoms with van der Waals surface area (Å²) in [5.74, 6) is -2.15. The topological polar surface area (TPSA) is 93.1 Å². The molecule has 26 heavy (non-hydrogen) atoms. The van der Waals surface area contributed by atoms with Crippen LogP contribution in [0.2, 0.25) is 0 Å². The maximum Gasteiger partial charge on any atom is 0.334 e. The SMILES string of the molecule is C=C1C(=O)O[C@H]2[C@H]1[C@@H](OC(=O)C=C(C)C)[C@H](O)[C@@]1(C)[C@H](O)CC=C(C)[C@H]21. The summed E-state index contributed by atoms with van der Waals surface area (Å²) in [4.78, 5) is 24.4. The molecular formula is C20H26O6. The average Bonchev–Trinajstić information content (AvgIpc) is 2.82. The molecule has 0 aromatic rings. The van der Waals surface area contributed by atoms with Gasteiger partial charge >= 0.3 is 11.9 Å². The maximum atomic E-state index is 12.2. The first-order valence-corrected chi connectivity index (χ1v) is 8.87. The van der Waals surface area contributed by atoms with Crippen LogP contribution < -0.4 is 0 Å². The van der Waals surface area contributed by atoms with Gasteiger partial charge in [0.05, 0.1) is 12.0 Å². The summed E-state index contributed by atoms with van der Waals surface area (Å²) in [5, 5.41) is 21.8. The van der Waals surface area contributed by atoms with Gasteiger partial charge in [-0.15, -0.1) is 0 Å². The molecule has 142 valence electrons. The van der Waals surface area contributed by atoms with E-state index in [4.69, 9.17) is 9.47 Å². The van der Waals surface area contributed by atoms with Crippen LogP contribution in [0.4, 0.5) is 0 Å². The first-order chi connectivity index (χ1) is 12.1. The van der Waals surface area contributed by atoms with Crippen LogP contribution in [0.15, 0.2) is 35.5 Å². The van der Waals surface area contributed by atoms with Gasteiger partial charge in [0.25, 0.3) is 0 Å². The van der Waals surface area contributed by atoms with E-state index in [0.717, 1.165) is 11.1 Å². The normalized spacial score (nSPS) is 41.5. The van der Waals surface area contributed by atoms with Crippen LogP contribution in [-0.2, 0) is 19.1 Å². The molecule has 0 unspecified atom stereocenters. The summed E-state index contributed by atoms with van der Waals surface area (Å²) in [5.41, 5.74) is 0.901. The van der Waals surface area contributed by atoms with E-state index < -0.39 is 47.7 Å². The Morgan fingerprint density at radius 3 is 2.69 bits per heavy atom. The van der Waals surface area contributed by atoms with E-state index in [2.05, 4.69) is 6.58 Å². The molecule has 0 aromatic carbocycles. The highest BCUT2D eigenvalue weighted by Crippen LogP contribution is 2.56. The van der Waals surface area contributed by atoms with Crippen molar-refractivity contribution in [3.8, 4) is 0 Å². The molecule has 1 aliphatic heterocycles. The summed E-state index contributed by atoms with van der Waals surface area (Å²) >= 11 is 0. The number of carbonyl (C=O) groups excluding carboxylic acids is 2. The minimum Gasteiger partial charge on any atom is -0.458 e. The number of esters is 2. The highest BCUT2D eigenvalue weighted by Gasteiger charge is 2.66. The Morgan fingerprint density at radius 2 is 2.08 bits per heavy atom. The molecule has 7 atom stereocenters. The molecule has 0 amide bonds. The summed E-state index contributed by atoms with van der Waals surface area (Å²) in [6.45, 7) is 11.0. The van der Waals surface area contributed by atoms with E-state index in [-0.39, 0.29) is 11.5 Å². The fourth-order valence-electron chi connectivity index (χ4n) is 4.73. The number of carbonyl (C=O) groups is 2. The van der Waals surface area contributed by atoms with E-state index in [9.17, 15) is 19.8 Å². The number of aliphatic hydroxyl groups excluding tert-OH is 2. The fraction of sp³-hybridized carbons (Fsp3) is 0.600. The zero-order chi connectivity index (χ0) is 19.4. The Bertz CT molecular complexity index is 716. The lowest BCUT2D eigenvalue weighted by molar-refractivity contribution is -0.216. The molecular weight excluding hydrogens is 336 g/mol. The van der Waals surface area contributed by atoms with E-state index in [1.54, 1.807) is 20.8 Å². The Labute approximate surface area is 153 Å². The molecule has 3 aliphatic rings. The first kappa shape index (κ1) is 18.9. The van der Waals surface area contributed by atoms with Gasteiger partial charge in [-0.25, -0.2) is 9.59 Å². The molecule has 3 rings (SSSR count). The van der Waals surface area contributed by atoms with Crippen molar-refractivity contribution in [1.82, 2.24) is 0 Å². The largest absolute Gasteiger partial charge is 0.458 e. The minimum atomic E-state index is -1.16. The molecule has 1 saturated heterocycles. The van der Waals surface area contributed by atoms with Crippen LogP contribution in [0, 0.1) is 17.3 Å². The fourth-order valence-corrected chi connectivity index (χ4v) is 4.73. The molecule has 6 nitrogen and oxygen atoms in total. The standard InChI is InChI=1S/C20H26O6/c1-9(2)8-13(22)25-17-14-11(4)19(24)26-16(14)15-10(3)6-7-12(21)20(15,5)18(17)23/h6,8,12,14-18,21,23H,4,7H2,1-3,5H3/t12-,14+,15-,16+,17-,18+,20+/m1/s1. The third-order valence-electron chi connectivity index (χ3n) is 6.09. The molecule has 2 aliphatic carbocycles. The van der Waals surface area contributed by atoms with Gasteiger partial charge in [0.15, 0.2) is 0 Å². The second kappa shape index (κ2) is 6.35. The Balaban J connectivity index is 2.07. The lowest BCUT2D eigenvalue weighted by Gasteiger charge is -2.56. The van der Waals surface area contributed by atoms with Crippen LogP contribution in [0.25, 0.3) is 0 Å². The predicted molar refractivity (Wildman–Crippen MR) is 93.8 cm³/mol. The number of hydrogen-bond donors (Lipinski definition) is 2. The van der Waals surface area contributed by atoms with Gasteiger partial charge in [-0.3, -0.25) is 0 Å². The zero-order valence-electron chi connectivity index (χ0n) is 15.6. The number of fused-ring (bicyclic) bond motifs is 3. The van der Waals surface area contributed by atoms with Gasteiger partial charge in [0.2, 0.25) is 0 Å². The van der Waals surface area contributed by atoms with Gasteiger partial charge in [0.1, 0.15) is 18.3 Å². The molecule has 2 fully saturated rings. The van der Waals surface area contributed by atoms with Crippen molar-refractivity contribution in [3.63, 3.8) is 0 Å². The minimum absolute atomic E-state index is 0.193. The lowest BCUT2D eigenvalue weighted by atomic mass is 9.53. The molecule has 6 heteroatoms. The number of ether oxygens (including phenoxy) is 2. The summed E-state index contributed by atoms with van der Waals surface area (Å²) in [6.07, 6.45) is -0.0123. The van der Waals surface area contributed by atoms with Gasteiger partial charge in [-0.05, 0) is 27.2 Å². The highest BCUT2D eigenvalue weighted by molar-refractivity contribution is 5.91. The Kier molecular flexibility index (Phi) is 4.61. The third kappa shape index (κ3) is 2.63. The molecule has 0 spiro atoms. The van der Waals surface area contributed by atoms with Crippen LogP contribution >= 0.6 is 0 Å². The van der Waals surface area contributed by atoms with Gasteiger partial charge in [-0.1, -0.05) is 30.7 Å². The number of rotatable bonds is 2. The number of allylic oxidation sites excluding steroid dienone is 1. The molecule has 1 saturated carbocycles. The van der Waals surface area contributed by atoms with E-state index in [1.807, 2.05) is 13.0 Å². The molecule has 0 aromatic heterocycles. The van der Waals surface area contributed by atoms with Crippen molar-refractivity contribution in [2.75, 3.05) is 0 Å². The smallest absolute Gasteiger partial charge is 0.334 e. The summed E-state index contributed by atoms with van der Waals surface area (Å²) in [7, 11) is 0. The van der Waals surface area contributed by atoms with Crippen molar-refractivity contribution in [2.24, 2.45) is 17.3 Å². The van der Waals surface area contributed by atoms with E-state index >= 15 is 0 Å². The second-order valence-corrected chi connectivity index (χ2v) is 8.03. The lowest BCUT2D eigenvalue weighted by Crippen LogP contribution is -2.65. The average molecular weight is 362 g/mol. The molecule has 2 N–H and O–H groups in total. The quantitative estimate of drug-likeness (QED) is 0.441. The second-order valence-electron chi connectivity index (χ2n) is 8.03. The van der Waals surface area contributed by atoms with E-state index in [0.29, 0.717) is 6.42 Å². The number of hydrogen-bond acceptors (Lipinski definition) is 6. The number of aliphatic hydroxyl groups is 2. The van der Waals surface area contributed by atoms with Crippen molar-refractivity contribution in [3.05, 3.63) is 35.5 Å². The maximum absolute atomic E-state index is 12.2. The molecule has 0 radical (unpaired) electrons. The van der Waals surface area contributed by atoms with E-state index in [1.165, 1.54) is 6.08 Å². The predicted octanol–water partition coefficient (Wildman–Crippen LogP) is 1.67. The zero-order valence-corrected chi connectivity index (χ0v) is 15.6. The summed E-state index contributed by atoms with van der Waals surface area (Å²) in [6, 6.07) is 0. The van der Waals surface area contributed by atoms with Crippen LogP contribution in [0.1, 0.15) is 34.1 Å². The first-order valence-electron chi connectivity index (χ1n) is 8.87. The van der Waals surface area contributed by atoms with Crippen molar-refractivity contribution < 1.29 is 29.3 Å². The van der Waals surface area contributed by atoms with Crippen molar-refractivity contribution >= 4 is 11.9 Å². The van der Waals surface area contributed by atoms with Crippen LogP contribution in [-0.4, -0.2) is 46.6 Å².